The summed E-state index contributed by atoms with van der Waals surface area (Å²) in [6, 6.07) is 7.60. The second kappa shape index (κ2) is 4.97. The van der Waals surface area contributed by atoms with E-state index in [1.165, 1.54) is 7.05 Å². The zero-order valence-electron chi connectivity index (χ0n) is 10.9. The van der Waals surface area contributed by atoms with Crippen LogP contribution < -0.4 is 11.1 Å². The highest BCUT2D eigenvalue weighted by Gasteiger charge is 2.12. The van der Waals surface area contributed by atoms with Crippen molar-refractivity contribution in [1.29, 1.82) is 0 Å². The molecule has 98 valence electrons. The number of rotatable bonds is 2. The number of nitrogens with one attached hydrogen (secondary N) is 2. The van der Waals surface area contributed by atoms with Crippen LogP contribution in [0.5, 0.6) is 0 Å². The summed E-state index contributed by atoms with van der Waals surface area (Å²) in [5.41, 5.74) is 8.77. The van der Waals surface area contributed by atoms with Gasteiger partial charge in [-0.05, 0) is 24.6 Å². The number of carbonyl (C=O) groups is 1. The number of benzene rings is 1. The molecule has 0 radical (unpaired) electrons. The number of guanidine groups is 1. The Balaban J connectivity index is 2.45. The van der Waals surface area contributed by atoms with Gasteiger partial charge in [0.2, 0.25) is 0 Å². The molecule has 5 heteroatoms. The van der Waals surface area contributed by atoms with Gasteiger partial charge in [0.15, 0.2) is 5.96 Å². The van der Waals surface area contributed by atoms with Gasteiger partial charge in [0.1, 0.15) is 5.69 Å². The van der Waals surface area contributed by atoms with Crippen molar-refractivity contribution in [2.45, 2.75) is 6.92 Å². The number of aliphatic imine (C=N–C) groups is 1. The highest BCUT2D eigenvalue weighted by Crippen LogP contribution is 2.24. The molecule has 4 N–H and O–H groups in total. The van der Waals surface area contributed by atoms with Crippen molar-refractivity contribution in [3.05, 3.63) is 42.1 Å². The van der Waals surface area contributed by atoms with E-state index in [-0.39, 0.29) is 11.9 Å². The van der Waals surface area contributed by atoms with Crippen LogP contribution in [-0.2, 0) is 0 Å². The van der Waals surface area contributed by atoms with Gasteiger partial charge in [-0.1, -0.05) is 24.3 Å². The first-order chi connectivity index (χ1) is 9.02. The summed E-state index contributed by atoms with van der Waals surface area (Å²) >= 11 is 0. The zero-order chi connectivity index (χ0) is 14.0. The van der Waals surface area contributed by atoms with E-state index >= 15 is 0 Å². The molecule has 0 saturated carbocycles. The van der Waals surface area contributed by atoms with Crippen molar-refractivity contribution in [2.24, 2.45) is 10.7 Å². The van der Waals surface area contributed by atoms with Crippen LogP contribution in [-0.4, -0.2) is 23.9 Å². The first-order valence-corrected chi connectivity index (χ1v) is 5.84. The molecule has 0 aliphatic heterocycles. The fraction of sp³-hybridized carbons (Fsp3) is 0.143. The molecule has 19 heavy (non-hydrogen) atoms. The average Bonchev–Trinajstić information content (AvgIpc) is 2.81. The summed E-state index contributed by atoms with van der Waals surface area (Å²) in [5.74, 6) is -0.226. The number of hydrogen-bond donors (Lipinski definition) is 3. The Bertz CT molecular complexity index is 682. The summed E-state index contributed by atoms with van der Waals surface area (Å²) in [7, 11) is 1.51. The van der Waals surface area contributed by atoms with Crippen molar-refractivity contribution >= 4 is 28.3 Å². The van der Waals surface area contributed by atoms with Crippen LogP contribution in [0.2, 0.25) is 0 Å². The topological polar surface area (TPSA) is 83.3 Å². The Morgan fingerprint density at radius 1 is 1.47 bits per heavy atom. The lowest BCUT2D eigenvalue weighted by Crippen LogP contribution is -2.36. The van der Waals surface area contributed by atoms with E-state index in [0.717, 1.165) is 22.0 Å². The molecule has 5 nitrogen and oxygen atoms in total. The summed E-state index contributed by atoms with van der Waals surface area (Å²) in [4.78, 5) is 18.7. The van der Waals surface area contributed by atoms with Crippen molar-refractivity contribution in [2.75, 3.05) is 7.05 Å². The number of hydrogen-bond acceptors (Lipinski definition) is 2. The molecule has 0 bridgehead atoms. The molecule has 1 aromatic heterocycles. The molecule has 1 amide bonds. The van der Waals surface area contributed by atoms with Crippen LogP contribution >= 0.6 is 0 Å². The molecule has 0 aliphatic carbocycles. The summed E-state index contributed by atoms with van der Waals surface area (Å²) in [6.45, 7) is 5.87. The number of nitrogens with two attached hydrogens (primary N) is 1. The first-order valence-electron chi connectivity index (χ1n) is 5.84. The summed E-state index contributed by atoms with van der Waals surface area (Å²) < 4.78 is 0. The standard InChI is InChI=1S/C14H16N4O/c1-8(2)9-5-4-6-11-10(9)7-12(17-11)13(19)18-14(15)16-3/h4-7,17H,1H2,2-3H3,(H3,15,16,18,19). The van der Waals surface area contributed by atoms with Gasteiger partial charge in [-0.25, -0.2) is 0 Å². The number of allylic oxidation sites excluding steroid dienone is 1. The second-order valence-corrected chi connectivity index (χ2v) is 4.29. The van der Waals surface area contributed by atoms with E-state index in [0.29, 0.717) is 5.69 Å². The quantitative estimate of drug-likeness (QED) is 0.566. The number of carbonyl (C=O) groups excluding carboxylic acids is 1. The second-order valence-electron chi connectivity index (χ2n) is 4.29. The van der Waals surface area contributed by atoms with Gasteiger partial charge in [0.05, 0.1) is 0 Å². The molecule has 0 fully saturated rings. The van der Waals surface area contributed by atoms with Crippen LogP contribution in [0, 0.1) is 0 Å². The van der Waals surface area contributed by atoms with Crippen LogP contribution in [0.1, 0.15) is 23.0 Å². The highest BCUT2D eigenvalue weighted by atomic mass is 16.2. The monoisotopic (exact) mass is 256 g/mol. The molecule has 1 heterocycles. The summed E-state index contributed by atoms with van der Waals surface area (Å²) in [6.07, 6.45) is 0. The van der Waals surface area contributed by atoms with E-state index in [4.69, 9.17) is 5.73 Å². The number of nitrogens with zero attached hydrogens (tertiary/aromatic N) is 1. The minimum Gasteiger partial charge on any atom is -0.370 e. The molecule has 0 saturated heterocycles. The van der Waals surface area contributed by atoms with Crippen molar-refractivity contribution in [3.8, 4) is 0 Å². The van der Waals surface area contributed by atoms with Gasteiger partial charge in [0.25, 0.3) is 5.91 Å². The van der Waals surface area contributed by atoms with Gasteiger partial charge in [-0.15, -0.1) is 0 Å². The molecule has 2 rings (SSSR count). The maximum absolute atomic E-state index is 11.9. The van der Waals surface area contributed by atoms with E-state index in [1.54, 1.807) is 6.07 Å². The number of amides is 1. The Hall–Kier alpha value is -2.56. The molecule has 0 spiro atoms. The Morgan fingerprint density at radius 3 is 2.84 bits per heavy atom. The molecule has 0 unspecified atom stereocenters. The lowest BCUT2D eigenvalue weighted by atomic mass is 10.0. The number of fused-ring (bicyclic) bond motifs is 1. The number of aromatic amines is 1. The fourth-order valence-electron chi connectivity index (χ4n) is 1.89. The molecule has 2 aromatic rings. The van der Waals surface area contributed by atoms with Crippen molar-refractivity contribution < 1.29 is 4.79 Å². The van der Waals surface area contributed by atoms with Crippen LogP contribution in [0.4, 0.5) is 0 Å². The van der Waals surface area contributed by atoms with Gasteiger partial charge in [0, 0.05) is 18.0 Å². The molecule has 1 aromatic carbocycles. The minimum atomic E-state index is -0.313. The van der Waals surface area contributed by atoms with Crippen LogP contribution in [0.3, 0.4) is 0 Å². The van der Waals surface area contributed by atoms with Gasteiger partial charge in [-0.3, -0.25) is 15.1 Å². The third-order valence-corrected chi connectivity index (χ3v) is 2.85. The lowest BCUT2D eigenvalue weighted by Gasteiger charge is -2.00. The minimum absolute atomic E-state index is 0.0868. The predicted molar refractivity (Wildman–Crippen MR) is 78.0 cm³/mol. The van der Waals surface area contributed by atoms with E-state index in [9.17, 15) is 4.79 Å². The molecular weight excluding hydrogens is 240 g/mol. The van der Waals surface area contributed by atoms with Gasteiger partial charge < -0.3 is 10.7 Å². The smallest absolute Gasteiger partial charge is 0.274 e. The average molecular weight is 256 g/mol. The Kier molecular flexibility index (Phi) is 3.37. The largest absolute Gasteiger partial charge is 0.370 e. The van der Waals surface area contributed by atoms with Gasteiger partial charge in [-0.2, -0.15) is 0 Å². The first kappa shape index (κ1) is 12.9. The van der Waals surface area contributed by atoms with Crippen LogP contribution in [0.15, 0.2) is 35.8 Å². The SMILES string of the molecule is C=C(C)c1cccc2[nH]c(C(=O)NC(N)=NC)cc12. The zero-order valence-corrected chi connectivity index (χ0v) is 10.9. The number of aromatic nitrogens is 1. The maximum atomic E-state index is 11.9. The summed E-state index contributed by atoms with van der Waals surface area (Å²) in [5, 5.41) is 3.46. The van der Waals surface area contributed by atoms with Gasteiger partial charge >= 0.3 is 0 Å². The van der Waals surface area contributed by atoms with Crippen molar-refractivity contribution in [1.82, 2.24) is 10.3 Å². The normalized spacial score (nSPS) is 11.6. The predicted octanol–water partition coefficient (Wildman–Crippen LogP) is 1.88. The van der Waals surface area contributed by atoms with Crippen molar-refractivity contribution in [3.63, 3.8) is 0 Å². The molecule has 0 atom stereocenters. The third kappa shape index (κ3) is 2.49. The Morgan fingerprint density at radius 2 is 2.21 bits per heavy atom. The highest BCUT2D eigenvalue weighted by molar-refractivity contribution is 6.07. The Labute approximate surface area is 111 Å². The fourth-order valence-corrected chi connectivity index (χ4v) is 1.89. The number of H-pyrrole nitrogens is 1. The molecular formula is C14H16N4O. The molecule has 0 aliphatic rings. The maximum Gasteiger partial charge on any atom is 0.274 e. The van der Waals surface area contributed by atoms with E-state index in [1.807, 2.05) is 25.1 Å². The third-order valence-electron chi connectivity index (χ3n) is 2.85. The van der Waals surface area contributed by atoms with Crippen LogP contribution in [0.25, 0.3) is 16.5 Å². The van der Waals surface area contributed by atoms with E-state index in [2.05, 4.69) is 21.9 Å². The lowest BCUT2D eigenvalue weighted by molar-refractivity contribution is 0.0972. The van der Waals surface area contributed by atoms with E-state index < -0.39 is 0 Å².